The number of rotatable bonds is 5. The second-order valence-corrected chi connectivity index (χ2v) is 7.76. The smallest absolute Gasteiger partial charge is 0.261 e. The van der Waals surface area contributed by atoms with Crippen molar-refractivity contribution in [2.24, 2.45) is 0 Å². The lowest BCUT2D eigenvalue weighted by Crippen LogP contribution is -2.34. The maximum Gasteiger partial charge on any atom is 0.261 e. The minimum atomic E-state index is -0.260. The Morgan fingerprint density at radius 3 is 2.35 bits per heavy atom. The minimum Gasteiger partial charge on any atom is -0.350 e. The van der Waals surface area contributed by atoms with Gasteiger partial charge in [0.15, 0.2) is 0 Å². The molecule has 0 atom stereocenters. The van der Waals surface area contributed by atoms with Gasteiger partial charge >= 0.3 is 0 Å². The van der Waals surface area contributed by atoms with Crippen molar-refractivity contribution in [3.05, 3.63) is 75.8 Å². The van der Waals surface area contributed by atoms with Crippen molar-refractivity contribution in [2.75, 3.05) is 13.1 Å². The lowest BCUT2D eigenvalue weighted by atomic mass is 10.1. The van der Waals surface area contributed by atoms with Crippen molar-refractivity contribution in [3.8, 4) is 0 Å². The molecule has 0 fully saturated rings. The monoisotopic (exact) mass is 418 g/mol. The van der Waals surface area contributed by atoms with Crippen LogP contribution in [0, 0.1) is 0 Å². The average molecular weight is 418 g/mol. The number of aromatic nitrogens is 2. The van der Waals surface area contributed by atoms with Crippen molar-refractivity contribution in [3.63, 3.8) is 0 Å². The second-order valence-electron chi connectivity index (χ2n) is 7.76. The third-order valence-electron chi connectivity index (χ3n) is 5.56. The van der Waals surface area contributed by atoms with Gasteiger partial charge in [0.1, 0.15) is 5.82 Å². The van der Waals surface area contributed by atoms with Crippen LogP contribution in [0.3, 0.4) is 0 Å². The summed E-state index contributed by atoms with van der Waals surface area (Å²) in [7, 11) is 0. The molecular weight excluding hydrogens is 392 g/mol. The number of hydrogen-bond acceptors (Lipinski definition) is 4. The van der Waals surface area contributed by atoms with E-state index in [4.69, 9.17) is 4.98 Å². The van der Waals surface area contributed by atoms with E-state index in [1.165, 1.54) is 0 Å². The van der Waals surface area contributed by atoms with Gasteiger partial charge in [-0.1, -0.05) is 31.0 Å². The molecule has 7 heteroatoms. The summed E-state index contributed by atoms with van der Waals surface area (Å²) in [6.45, 7) is 1.32. The highest BCUT2D eigenvalue weighted by Gasteiger charge is 2.15. The quantitative estimate of drug-likeness (QED) is 0.623. The Morgan fingerprint density at radius 2 is 1.58 bits per heavy atom. The van der Waals surface area contributed by atoms with Crippen LogP contribution in [0.15, 0.2) is 53.3 Å². The molecule has 0 saturated heterocycles. The Bertz CT molecular complexity index is 1150. The molecule has 2 heterocycles. The van der Waals surface area contributed by atoms with Crippen LogP contribution in [0.25, 0.3) is 10.9 Å². The van der Waals surface area contributed by atoms with E-state index in [9.17, 15) is 14.4 Å². The van der Waals surface area contributed by atoms with Crippen molar-refractivity contribution in [1.29, 1.82) is 0 Å². The lowest BCUT2D eigenvalue weighted by molar-refractivity contribution is 0.0928. The maximum absolute atomic E-state index is 12.9. The molecule has 31 heavy (non-hydrogen) atoms. The van der Waals surface area contributed by atoms with Gasteiger partial charge < -0.3 is 10.6 Å². The number of fused-ring (bicyclic) bond motifs is 2. The first-order valence-electron chi connectivity index (χ1n) is 10.8. The number of amides is 2. The zero-order valence-electron chi connectivity index (χ0n) is 17.4. The normalized spacial score (nSPS) is 13.7. The van der Waals surface area contributed by atoms with Crippen LogP contribution in [0.2, 0.25) is 0 Å². The Hall–Kier alpha value is -3.48. The highest BCUT2D eigenvalue weighted by Crippen LogP contribution is 2.16. The van der Waals surface area contributed by atoms with Gasteiger partial charge in [-0.2, -0.15) is 0 Å². The Kier molecular flexibility index (Phi) is 6.40. The molecule has 7 nitrogen and oxygen atoms in total. The summed E-state index contributed by atoms with van der Waals surface area (Å²) in [5.41, 5.74) is 1.56. The van der Waals surface area contributed by atoms with Crippen LogP contribution >= 0.6 is 0 Å². The van der Waals surface area contributed by atoms with Crippen molar-refractivity contribution < 1.29 is 9.59 Å². The second kappa shape index (κ2) is 9.55. The molecule has 0 radical (unpaired) electrons. The van der Waals surface area contributed by atoms with Gasteiger partial charge in [0, 0.05) is 37.2 Å². The van der Waals surface area contributed by atoms with Crippen LogP contribution in [-0.4, -0.2) is 34.5 Å². The van der Waals surface area contributed by atoms with E-state index in [-0.39, 0.29) is 17.4 Å². The minimum absolute atomic E-state index is 0.0301. The average Bonchev–Trinajstić information content (AvgIpc) is 2.78. The first-order valence-corrected chi connectivity index (χ1v) is 10.8. The highest BCUT2D eigenvalue weighted by atomic mass is 16.2. The lowest BCUT2D eigenvalue weighted by Gasteiger charge is -2.16. The molecule has 160 valence electrons. The SMILES string of the molecule is O=C(NCCNC(=O)c1ccc2c(=O)n3c(nc2c1)CCCCCC3)c1ccccc1. The molecular formula is C24H26N4O3. The van der Waals surface area contributed by atoms with E-state index >= 15 is 0 Å². The Balaban J connectivity index is 1.42. The van der Waals surface area contributed by atoms with E-state index in [1.807, 2.05) is 6.07 Å². The van der Waals surface area contributed by atoms with Crippen LogP contribution in [0.5, 0.6) is 0 Å². The molecule has 1 aliphatic rings. The van der Waals surface area contributed by atoms with Crippen LogP contribution < -0.4 is 16.2 Å². The fraction of sp³-hybridized carbons (Fsp3) is 0.333. The third-order valence-corrected chi connectivity index (χ3v) is 5.56. The molecule has 1 aliphatic heterocycles. The van der Waals surface area contributed by atoms with E-state index in [0.717, 1.165) is 37.9 Å². The molecule has 1 aromatic heterocycles. The first-order chi connectivity index (χ1) is 15.1. The molecule has 0 aliphatic carbocycles. The first kappa shape index (κ1) is 20.8. The molecule has 2 N–H and O–H groups in total. The number of carbonyl (C=O) groups excluding carboxylic acids is 2. The number of nitrogens with one attached hydrogen (secondary N) is 2. The fourth-order valence-corrected chi connectivity index (χ4v) is 3.88. The predicted molar refractivity (Wildman–Crippen MR) is 119 cm³/mol. The standard InChI is InChI=1S/C24H26N4O3/c29-22(17-8-4-3-5-9-17)25-13-14-26-23(30)18-11-12-19-20(16-18)27-21-10-6-1-2-7-15-28(21)24(19)31/h3-5,8-9,11-12,16H,1-2,6-7,10,13-15H2,(H,25,29)(H,26,30). The zero-order valence-corrected chi connectivity index (χ0v) is 17.4. The highest BCUT2D eigenvalue weighted by molar-refractivity contribution is 5.97. The van der Waals surface area contributed by atoms with Gasteiger partial charge in [0.25, 0.3) is 17.4 Å². The number of benzene rings is 2. The van der Waals surface area contributed by atoms with Gasteiger partial charge in [-0.15, -0.1) is 0 Å². The zero-order chi connectivity index (χ0) is 21.6. The van der Waals surface area contributed by atoms with E-state index < -0.39 is 0 Å². The number of nitrogens with zero attached hydrogens (tertiary/aromatic N) is 2. The Labute approximate surface area is 180 Å². The molecule has 0 spiro atoms. The molecule has 0 unspecified atom stereocenters. The molecule has 2 aromatic carbocycles. The van der Waals surface area contributed by atoms with Crippen molar-refractivity contribution in [1.82, 2.24) is 20.2 Å². The largest absolute Gasteiger partial charge is 0.350 e. The molecule has 0 bridgehead atoms. The van der Waals surface area contributed by atoms with E-state index in [0.29, 0.717) is 41.7 Å². The van der Waals surface area contributed by atoms with Gasteiger partial charge in [-0.25, -0.2) is 4.98 Å². The predicted octanol–water partition coefficient (Wildman–Crippen LogP) is 2.67. The van der Waals surface area contributed by atoms with Crippen LogP contribution in [0.1, 0.15) is 52.2 Å². The number of aryl methyl sites for hydroxylation is 1. The fourth-order valence-electron chi connectivity index (χ4n) is 3.88. The van der Waals surface area contributed by atoms with Crippen molar-refractivity contribution in [2.45, 2.75) is 38.6 Å². The van der Waals surface area contributed by atoms with Gasteiger partial charge in [-0.05, 0) is 43.2 Å². The molecule has 0 saturated carbocycles. The number of hydrogen-bond donors (Lipinski definition) is 2. The molecule has 3 aromatic rings. The summed E-state index contributed by atoms with van der Waals surface area (Å²) < 4.78 is 1.79. The van der Waals surface area contributed by atoms with Crippen LogP contribution in [-0.2, 0) is 13.0 Å². The summed E-state index contributed by atoms with van der Waals surface area (Å²) in [5.74, 6) is 0.365. The third kappa shape index (κ3) is 4.82. The van der Waals surface area contributed by atoms with Gasteiger partial charge in [0.2, 0.25) is 0 Å². The number of carbonyl (C=O) groups is 2. The summed E-state index contributed by atoms with van der Waals surface area (Å²) in [4.78, 5) is 42.2. The van der Waals surface area contributed by atoms with E-state index in [1.54, 1.807) is 47.0 Å². The molecule has 4 rings (SSSR count). The summed E-state index contributed by atoms with van der Waals surface area (Å²) >= 11 is 0. The summed E-state index contributed by atoms with van der Waals surface area (Å²) in [5, 5.41) is 6.12. The van der Waals surface area contributed by atoms with Crippen molar-refractivity contribution >= 4 is 22.7 Å². The van der Waals surface area contributed by atoms with Crippen LogP contribution in [0.4, 0.5) is 0 Å². The van der Waals surface area contributed by atoms with Gasteiger partial charge in [-0.3, -0.25) is 19.0 Å². The van der Waals surface area contributed by atoms with E-state index in [2.05, 4.69) is 10.6 Å². The van der Waals surface area contributed by atoms with Gasteiger partial charge in [0.05, 0.1) is 10.9 Å². The molecule has 2 amide bonds. The summed E-state index contributed by atoms with van der Waals surface area (Å²) in [6, 6.07) is 13.9. The summed E-state index contributed by atoms with van der Waals surface area (Å²) in [6.07, 6.45) is 5.07. The maximum atomic E-state index is 12.9. The topological polar surface area (TPSA) is 93.1 Å². The Morgan fingerprint density at radius 1 is 0.871 bits per heavy atom.